The highest BCUT2D eigenvalue weighted by molar-refractivity contribution is 7.88. The second-order valence-corrected chi connectivity index (χ2v) is 9.29. The predicted molar refractivity (Wildman–Crippen MR) is 99.0 cm³/mol. The second-order valence-electron chi connectivity index (χ2n) is 7.46. The molecule has 1 aromatic carbocycles. The van der Waals surface area contributed by atoms with Crippen molar-refractivity contribution in [3.05, 3.63) is 35.4 Å². The molecule has 1 aliphatic carbocycles. The Morgan fingerprint density at radius 2 is 1.80 bits per heavy atom. The fourth-order valence-electron chi connectivity index (χ4n) is 4.16. The zero-order valence-electron chi connectivity index (χ0n) is 14.9. The molecule has 25 heavy (non-hydrogen) atoms. The van der Waals surface area contributed by atoms with Crippen LogP contribution in [0.1, 0.15) is 48.0 Å². The molecular formula is C19H28N2O3S. The molecule has 1 heterocycles. The van der Waals surface area contributed by atoms with Crippen molar-refractivity contribution in [1.29, 1.82) is 0 Å². The maximum absolute atomic E-state index is 12.8. The first-order chi connectivity index (χ1) is 11.9. The molecule has 2 aliphatic rings. The predicted octanol–water partition coefficient (Wildman–Crippen LogP) is 2.43. The number of likely N-dealkylation sites (tertiary alicyclic amines) is 1. The summed E-state index contributed by atoms with van der Waals surface area (Å²) in [6, 6.07) is 7.57. The van der Waals surface area contributed by atoms with Crippen LogP contribution in [-0.2, 0) is 16.4 Å². The van der Waals surface area contributed by atoms with Crippen molar-refractivity contribution in [2.75, 3.05) is 25.9 Å². The number of fused-ring (bicyclic) bond motifs is 1. The van der Waals surface area contributed by atoms with Crippen LogP contribution >= 0.6 is 0 Å². The van der Waals surface area contributed by atoms with Gasteiger partial charge in [0.25, 0.3) is 5.91 Å². The van der Waals surface area contributed by atoms with Crippen molar-refractivity contribution in [3.63, 3.8) is 0 Å². The number of sulfonamides is 1. The van der Waals surface area contributed by atoms with Gasteiger partial charge in [-0.1, -0.05) is 31.4 Å². The van der Waals surface area contributed by atoms with Crippen molar-refractivity contribution in [2.24, 2.45) is 11.8 Å². The van der Waals surface area contributed by atoms with Crippen LogP contribution in [0, 0.1) is 11.8 Å². The fourth-order valence-corrected chi connectivity index (χ4v) is 4.64. The molecule has 138 valence electrons. The Morgan fingerprint density at radius 1 is 1.12 bits per heavy atom. The molecule has 1 saturated carbocycles. The Kier molecular flexibility index (Phi) is 5.79. The largest absolute Gasteiger partial charge is 0.338 e. The number of benzene rings is 1. The van der Waals surface area contributed by atoms with E-state index in [1.54, 1.807) is 0 Å². The average molecular weight is 365 g/mol. The van der Waals surface area contributed by atoms with Gasteiger partial charge in [-0.15, -0.1) is 0 Å². The maximum atomic E-state index is 12.8. The first-order valence-corrected chi connectivity index (χ1v) is 11.1. The summed E-state index contributed by atoms with van der Waals surface area (Å²) in [6.07, 6.45) is 8.18. The molecule has 2 fully saturated rings. The van der Waals surface area contributed by atoms with E-state index < -0.39 is 10.0 Å². The number of carbonyl (C=O) groups excluding carboxylic acids is 1. The number of rotatable bonds is 5. The minimum absolute atomic E-state index is 0.129. The third-order valence-electron chi connectivity index (χ3n) is 5.56. The number of nitrogens with one attached hydrogen (secondary N) is 1. The topological polar surface area (TPSA) is 66.5 Å². The molecule has 1 aromatic rings. The average Bonchev–Trinajstić information content (AvgIpc) is 2.60. The van der Waals surface area contributed by atoms with E-state index in [1.165, 1.54) is 25.7 Å². The van der Waals surface area contributed by atoms with Gasteiger partial charge in [0.15, 0.2) is 0 Å². The Morgan fingerprint density at radius 3 is 2.48 bits per heavy atom. The van der Waals surface area contributed by atoms with Gasteiger partial charge in [-0.3, -0.25) is 4.79 Å². The lowest BCUT2D eigenvalue weighted by Gasteiger charge is -2.41. The number of hydrogen-bond donors (Lipinski definition) is 1. The van der Waals surface area contributed by atoms with Crippen molar-refractivity contribution in [3.8, 4) is 0 Å². The van der Waals surface area contributed by atoms with Gasteiger partial charge < -0.3 is 4.90 Å². The lowest BCUT2D eigenvalue weighted by atomic mass is 9.75. The highest BCUT2D eigenvalue weighted by Gasteiger charge is 2.33. The molecular weight excluding hydrogens is 336 g/mol. The SMILES string of the molecule is CS(=O)(=O)NCCc1ccc(C(=O)N2CC[C@@H]3CCCC[C@@H]3C2)cc1. The van der Waals surface area contributed by atoms with E-state index in [4.69, 9.17) is 0 Å². The van der Waals surface area contributed by atoms with E-state index in [1.807, 2.05) is 29.2 Å². The number of nitrogens with zero attached hydrogens (tertiary/aromatic N) is 1. The maximum Gasteiger partial charge on any atom is 0.253 e. The van der Waals surface area contributed by atoms with Gasteiger partial charge in [0.2, 0.25) is 10.0 Å². The van der Waals surface area contributed by atoms with Crippen LogP contribution in [0.4, 0.5) is 0 Å². The number of carbonyl (C=O) groups is 1. The van der Waals surface area contributed by atoms with Crippen molar-refractivity contribution in [1.82, 2.24) is 9.62 Å². The molecule has 3 rings (SSSR count). The van der Waals surface area contributed by atoms with Crippen molar-refractivity contribution >= 4 is 15.9 Å². The molecule has 6 heteroatoms. The molecule has 0 bridgehead atoms. The van der Waals surface area contributed by atoms with Gasteiger partial charge in [0, 0.05) is 25.2 Å². The van der Waals surface area contributed by atoms with Crippen LogP contribution in [0.3, 0.4) is 0 Å². The summed E-state index contributed by atoms with van der Waals surface area (Å²) in [4.78, 5) is 14.8. The van der Waals surface area contributed by atoms with Crippen LogP contribution in [0.25, 0.3) is 0 Å². The highest BCUT2D eigenvalue weighted by atomic mass is 32.2. The standard InChI is InChI=1S/C19H28N2O3S/c1-25(23,24)20-12-10-15-6-8-17(9-7-15)19(22)21-13-11-16-4-2-3-5-18(16)14-21/h6-9,16,18,20H,2-5,10-14H2,1H3/t16-,18+/m0/s1. The monoisotopic (exact) mass is 364 g/mol. The fraction of sp³-hybridized carbons (Fsp3) is 0.632. The van der Waals surface area contributed by atoms with E-state index in [0.29, 0.717) is 18.9 Å². The summed E-state index contributed by atoms with van der Waals surface area (Å²) in [6.45, 7) is 2.16. The quantitative estimate of drug-likeness (QED) is 0.873. The lowest BCUT2D eigenvalue weighted by Crippen LogP contribution is -2.44. The zero-order valence-corrected chi connectivity index (χ0v) is 15.7. The minimum atomic E-state index is -3.15. The minimum Gasteiger partial charge on any atom is -0.338 e. The summed E-state index contributed by atoms with van der Waals surface area (Å²) in [5.41, 5.74) is 1.76. The first kappa shape index (κ1) is 18.4. The van der Waals surface area contributed by atoms with Gasteiger partial charge in [0.1, 0.15) is 0 Å². The summed E-state index contributed by atoms with van der Waals surface area (Å²) in [5.74, 6) is 1.64. The smallest absolute Gasteiger partial charge is 0.253 e. The molecule has 2 atom stereocenters. The van der Waals surface area contributed by atoms with Gasteiger partial charge in [-0.05, 0) is 48.8 Å². The number of piperidine rings is 1. The zero-order chi connectivity index (χ0) is 17.9. The van der Waals surface area contributed by atoms with Gasteiger partial charge in [-0.2, -0.15) is 0 Å². The third-order valence-corrected chi connectivity index (χ3v) is 6.29. The molecule has 0 radical (unpaired) electrons. The molecule has 1 amide bonds. The highest BCUT2D eigenvalue weighted by Crippen LogP contribution is 2.36. The van der Waals surface area contributed by atoms with Gasteiger partial charge in [-0.25, -0.2) is 13.1 Å². The normalized spacial score (nSPS) is 24.0. The number of hydrogen-bond acceptors (Lipinski definition) is 3. The number of amides is 1. The molecule has 0 aromatic heterocycles. The lowest BCUT2D eigenvalue weighted by molar-refractivity contribution is 0.0521. The van der Waals surface area contributed by atoms with E-state index in [-0.39, 0.29) is 5.91 Å². The Labute approximate surface area is 150 Å². The van der Waals surface area contributed by atoms with Crippen molar-refractivity contribution < 1.29 is 13.2 Å². The summed E-state index contributed by atoms with van der Waals surface area (Å²) in [7, 11) is -3.15. The van der Waals surface area contributed by atoms with E-state index in [2.05, 4.69) is 4.72 Å². The summed E-state index contributed by atoms with van der Waals surface area (Å²) in [5, 5.41) is 0. The van der Waals surface area contributed by atoms with Gasteiger partial charge >= 0.3 is 0 Å². The van der Waals surface area contributed by atoms with Crippen LogP contribution < -0.4 is 4.72 Å². The first-order valence-electron chi connectivity index (χ1n) is 9.25. The molecule has 1 aliphatic heterocycles. The summed E-state index contributed by atoms with van der Waals surface area (Å²) >= 11 is 0. The molecule has 0 spiro atoms. The van der Waals surface area contributed by atoms with Crippen LogP contribution in [-0.4, -0.2) is 45.1 Å². The molecule has 1 N–H and O–H groups in total. The van der Waals surface area contributed by atoms with Crippen LogP contribution in [0.5, 0.6) is 0 Å². The van der Waals surface area contributed by atoms with E-state index >= 15 is 0 Å². The van der Waals surface area contributed by atoms with Crippen LogP contribution in [0.15, 0.2) is 24.3 Å². The van der Waals surface area contributed by atoms with E-state index in [9.17, 15) is 13.2 Å². The Hall–Kier alpha value is -1.40. The second kappa shape index (κ2) is 7.87. The Balaban J connectivity index is 1.55. The Bertz CT molecular complexity index is 700. The third kappa shape index (κ3) is 5.05. The molecule has 5 nitrogen and oxygen atoms in total. The van der Waals surface area contributed by atoms with Crippen molar-refractivity contribution in [2.45, 2.75) is 38.5 Å². The van der Waals surface area contributed by atoms with Crippen LogP contribution in [0.2, 0.25) is 0 Å². The molecule has 1 saturated heterocycles. The van der Waals surface area contributed by atoms with E-state index in [0.717, 1.165) is 42.8 Å². The molecule has 0 unspecified atom stereocenters. The summed E-state index contributed by atoms with van der Waals surface area (Å²) < 4.78 is 24.6. The van der Waals surface area contributed by atoms with Gasteiger partial charge in [0.05, 0.1) is 6.26 Å².